The first-order chi connectivity index (χ1) is 4.29. The third kappa shape index (κ3) is 1.37. The van der Waals surface area contributed by atoms with Crippen LogP contribution in [-0.4, -0.2) is 0 Å². The summed E-state index contributed by atoms with van der Waals surface area (Å²) < 4.78 is 17.6. The van der Waals surface area contributed by atoms with Gasteiger partial charge in [-0.25, -0.2) is 0 Å². The molecule has 0 aliphatic heterocycles. The van der Waals surface area contributed by atoms with E-state index in [4.69, 9.17) is 0 Å². The summed E-state index contributed by atoms with van der Waals surface area (Å²) in [6.07, 6.45) is 0. The van der Waals surface area contributed by atoms with Crippen LogP contribution in [0.25, 0.3) is 0 Å². The van der Waals surface area contributed by atoms with Crippen LogP contribution < -0.4 is 11.6 Å². The second-order valence-electron chi connectivity index (χ2n) is 0.905. The molecule has 0 bridgehead atoms. The second kappa shape index (κ2) is 2.07. The summed E-state index contributed by atoms with van der Waals surface area (Å²) in [4.78, 5) is 19.9. The topological polar surface area (TPSA) is 99.8 Å². The van der Waals surface area contributed by atoms with Crippen molar-refractivity contribution in [3.8, 4) is 0 Å². The fourth-order valence-electron chi connectivity index (χ4n) is 0.185. The second-order valence-corrected chi connectivity index (χ2v) is 0.905. The van der Waals surface area contributed by atoms with Crippen LogP contribution in [0, 0.1) is 0 Å². The van der Waals surface area contributed by atoms with Crippen LogP contribution >= 0.6 is 0 Å². The molecule has 0 unspecified atom stereocenters. The van der Waals surface area contributed by atoms with Gasteiger partial charge in [0.1, 0.15) is 0 Å². The first-order valence-corrected chi connectivity index (χ1v) is 1.72. The third-order valence-corrected chi connectivity index (χ3v) is 0.399. The van der Waals surface area contributed by atoms with Crippen LogP contribution in [-0.2, 0) is 0 Å². The van der Waals surface area contributed by atoms with Crippen LogP contribution in [0.15, 0.2) is 32.6 Å². The van der Waals surface area contributed by atoms with Gasteiger partial charge in [0.2, 0.25) is 0 Å². The van der Waals surface area contributed by atoms with Gasteiger partial charge >= 0.3 is 11.6 Å². The summed E-state index contributed by atoms with van der Waals surface area (Å²) in [5.41, 5.74) is 0. The molecular weight excluding hydrogens is 136 g/mol. The lowest BCUT2D eigenvalue weighted by atomic mass is 11.5. The molecule has 1 aromatic heterocycles. The summed E-state index contributed by atoms with van der Waals surface area (Å²) in [6, 6.07) is 0. The lowest BCUT2D eigenvalue weighted by molar-refractivity contribution is -0.301. The van der Waals surface area contributed by atoms with E-state index in [-0.39, 0.29) is 0 Å². The van der Waals surface area contributed by atoms with Crippen LogP contribution in [0.2, 0.25) is 0 Å². The van der Waals surface area contributed by atoms with E-state index in [9.17, 15) is 9.59 Å². The first-order valence-electron chi connectivity index (χ1n) is 1.72. The van der Waals surface area contributed by atoms with Crippen LogP contribution in [0.5, 0.6) is 0 Å². The van der Waals surface area contributed by atoms with Gasteiger partial charge in [0.15, 0.2) is 0 Å². The van der Waals surface area contributed by atoms with Gasteiger partial charge in [-0.1, -0.05) is 0 Å². The molecule has 0 aliphatic rings. The van der Waals surface area contributed by atoms with Crippen molar-refractivity contribution in [2.75, 3.05) is 0 Å². The maximum Gasteiger partial charge on any atom is 0.563 e. The minimum absolute atomic E-state index is 1.35. The van der Waals surface area contributed by atoms with Gasteiger partial charge in [0.05, 0.1) is 0 Å². The summed E-state index contributed by atoms with van der Waals surface area (Å²) >= 11 is 0. The minimum Gasteiger partial charge on any atom is -0.322 e. The van der Waals surface area contributed by atoms with Crippen molar-refractivity contribution >= 4 is 0 Å². The Hall–Kier alpha value is -1.66. The normalized spacial score (nSPS) is 8.89. The first kappa shape index (κ1) is 5.48. The largest absolute Gasteiger partial charge is 0.563 e. The van der Waals surface area contributed by atoms with Crippen molar-refractivity contribution in [3.05, 3.63) is 21.2 Å². The molecule has 50 valence electrons. The van der Waals surface area contributed by atoms with E-state index >= 15 is 0 Å². The van der Waals surface area contributed by atoms with Crippen LogP contribution in [0.4, 0.5) is 0 Å². The minimum atomic E-state index is -1.35. The maximum absolute atomic E-state index is 9.94. The molecule has 0 spiro atoms. The van der Waals surface area contributed by atoms with Gasteiger partial charge in [0.25, 0.3) is 0 Å². The van der Waals surface area contributed by atoms with E-state index in [0.717, 1.165) is 0 Å². The van der Waals surface area contributed by atoms with E-state index in [1.165, 1.54) is 0 Å². The van der Waals surface area contributed by atoms with E-state index in [2.05, 4.69) is 23.0 Å². The average Bonchev–Trinajstić information content (AvgIpc) is 1.93. The quantitative estimate of drug-likeness (QED) is 0.443. The van der Waals surface area contributed by atoms with Crippen molar-refractivity contribution < 1.29 is 23.0 Å². The van der Waals surface area contributed by atoms with Gasteiger partial charge in [-0.15, -0.1) is 0 Å². The van der Waals surface area contributed by atoms with Gasteiger partial charge in [0, 0.05) is 0 Å². The zero-order chi connectivity index (χ0) is 6.69. The molecule has 0 saturated heterocycles. The number of hydrogen-bond acceptors (Lipinski definition) is 7. The summed E-state index contributed by atoms with van der Waals surface area (Å²) in [5.74, 6) is -2.70. The van der Waals surface area contributed by atoms with E-state index in [0.29, 0.717) is 0 Å². The predicted octanol–water partition coefficient (Wildman–Crippen LogP) is -0.504. The molecular formula is C2O7. The summed E-state index contributed by atoms with van der Waals surface area (Å²) in [5, 5.41) is 0. The zero-order valence-corrected chi connectivity index (χ0v) is 3.86. The Morgan fingerprint density at radius 3 is 1.78 bits per heavy atom. The number of hydrogen-bond donors (Lipinski definition) is 0. The highest BCUT2D eigenvalue weighted by Gasteiger charge is 1.88. The predicted molar refractivity (Wildman–Crippen MR) is 17.9 cm³/mol. The van der Waals surface area contributed by atoms with E-state index in [1.807, 2.05) is 0 Å². The molecule has 0 radical (unpaired) electrons. The Kier molecular flexibility index (Phi) is 1.26. The molecule has 7 nitrogen and oxygen atoms in total. The van der Waals surface area contributed by atoms with Crippen molar-refractivity contribution in [2.24, 2.45) is 0 Å². The van der Waals surface area contributed by atoms with Crippen molar-refractivity contribution in [2.45, 2.75) is 0 Å². The monoisotopic (exact) mass is 136 g/mol. The van der Waals surface area contributed by atoms with Crippen molar-refractivity contribution in [1.29, 1.82) is 0 Å². The average molecular weight is 136 g/mol. The Morgan fingerprint density at radius 2 is 1.33 bits per heavy atom. The molecule has 1 rings (SSSR count). The Labute approximate surface area is 45.6 Å². The highest BCUT2D eigenvalue weighted by molar-refractivity contribution is 4.24. The molecule has 0 aromatic carbocycles. The van der Waals surface area contributed by atoms with Gasteiger partial charge in [-0.05, 0) is 9.47 Å². The summed E-state index contributed by atoms with van der Waals surface area (Å²) in [6.45, 7) is 0. The molecule has 7 heteroatoms. The van der Waals surface area contributed by atoms with Crippen molar-refractivity contribution in [3.63, 3.8) is 0 Å². The highest BCUT2D eigenvalue weighted by Crippen LogP contribution is 1.66. The molecule has 1 aromatic rings. The molecule has 0 aliphatic carbocycles. The molecule has 0 saturated carbocycles. The molecule has 0 atom stereocenters. The molecule has 1 heterocycles. The van der Waals surface area contributed by atoms with Gasteiger partial charge in [-0.2, -0.15) is 18.7 Å². The SMILES string of the molecule is O=c1ooooc(=O)o1. The lowest BCUT2D eigenvalue weighted by Crippen LogP contribution is -2.01. The zero-order valence-electron chi connectivity index (χ0n) is 3.86. The molecule has 0 amide bonds. The van der Waals surface area contributed by atoms with E-state index in [1.54, 1.807) is 0 Å². The van der Waals surface area contributed by atoms with Crippen LogP contribution in [0.1, 0.15) is 0 Å². The van der Waals surface area contributed by atoms with E-state index < -0.39 is 11.6 Å². The maximum atomic E-state index is 9.94. The smallest absolute Gasteiger partial charge is 0.322 e. The summed E-state index contributed by atoms with van der Waals surface area (Å²) in [7, 11) is 0. The van der Waals surface area contributed by atoms with Gasteiger partial charge in [-0.3, -0.25) is 0 Å². The fraction of sp³-hybridized carbons (Fsp3) is 0. The number of rotatable bonds is 0. The Bertz CT molecular complexity index is 268. The fourth-order valence-corrected chi connectivity index (χ4v) is 0.185. The molecule has 0 N–H and O–H groups in total. The third-order valence-electron chi connectivity index (χ3n) is 0.399. The highest BCUT2D eigenvalue weighted by atomic mass is 17.4. The van der Waals surface area contributed by atoms with Crippen molar-refractivity contribution in [1.82, 2.24) is 0 Å². The molecule has 9 heavy (non-hydrogen) atoms. The van der Waals surface area contributed by atoms with Crippen LogP contribution in [0.3, 0.4) is 0 Å². The Morgan fingerprint density at radius 1 is 0.889 bits per heavy atom. The van der Waals surface area contributed by atoms with Gasteiger partial charge < -0.3 is 4.42 Å². The lowest BCUT2D eigenvalue weighted by Gasteiger charge is -1.53. The molecule has 0 fully saturated rings. The Balaban J connectivity index is 3.56. The standard InChI is InChI=1S/C2O7/c3-1-5-2(4)7-9-8-6-1.